The highest BCUT2D eigenvalue weighted by Gasteiger charge is 2.04. The first-order chi connectivity index (χ1) is 5.61. The predicted molar refractivity (Wildman–Crippen MR) is 54.0 cm³/mol. The van der Waals surface area contributed by atoms with E-state index in [1.54, 1.807) is 0 Å². The number of aryl methyl sites for hydroxylation is 2. The van der Waals surface area contributed by atoms with Crippen LogP contribution in [-0.2, 0) is 4.79 Å². The molecule has 0 atom stereocenters. The fourth-order valence-electron chi connectivity index (χ4n) is 1.10. The van der Waals surface area contributed by atoms with E-state index in [0.29, 0.717) is 5.75 Å². The molecule has 0 radical (unpaired) electrons. The van der Waals surface area contributed by atoms with Gasteiger partial charge in [0.2, 0.25) is 0 Å². The van der Waals surface area contributed by atoms with Crippen LogP contribution < -0.4 is 4.74 Å². The molecule has 0 saturated heterocycles. The van der Waals surface area contributed by atoms with Crippen molar-refractivity contribution in [1.82, 2.24) is 0 Å². The average Bonchev–Trinajstić information content (AvgIpc) is 1.97. The summed E-state index contributed by atoms with van der Waals surface area (Å²) in [7, 11) is 0. The van der Waals surface area contributed by atoms with Gasteiger partial charge in [-0.2, -0.15) is 0 Å². The maximum absolute atomic E-state index is 10.7. The molecule has 2 heteroatoms. The summed E-state index contributed by atoms with van der Waals surface area (Å²) >= 11 is 0. The molecular formula is C11H16O2. The van der Waals surface area contributed by atoms with Crippen LogP contribution >= 0.6 is 0 Å². The number of hydrogen-bond acceptors (Lipinski definition) is 2. The van der Waals surface area contributed by atoms with Crippen LogP contribution in [0.25, 0.3) is 0 Å². The number of esters is 1. The third-order valence-corrected chi connectivity index (χ3v) is 1.65. The Morgan fingerprint density at radius 2 is 1.69 bits per heavy atom. The standard InChI is InChI=1S/C10H12O2.CH4/c1-7-5-4-6-8(2)10(7)12-9(3)11;/h4-6H,1-3H3;1H4. The SMILES string of the molecule is C.CC(=O)Oc1c(C)cccc1C. The van der Waals surface area contributed by atoms with E-state index in [4.69, 9.17) is 4.74 Å². The molecule has 0 aliphatic carbocycles. The lowest BCUT2D eigenvalue weighted by Gasteiger charge is -2.07. The number of benzene rings is 1. The summed E-state index contributed by atoms with van der Waals surface area (Å²) in [6, 6.07) is 5.79. The van der Waals surface area contributed by atoms with Gasteiger partial charge in [-0.3, -0.25) is 4.79 Å². The van der Waals surface area contributed by atoms with Gasteiger partial charge in [0.25, 0.3) is 0 Å². The van der Waals surface area contributed by atoms with E-state index in [1.165, 1.54) is 6.92 Å². The van der Waals surface area contributed by atoms with E-state index in [2.05, 4.69) is 0 Å². The number of carbonyl (C=O) groups is 1. The molecule has 2 nitrogen and oxygen atoms in total. The second-order valence-corrected chi connectivity index (χ2v) is 2.81. The van der Waals surface area contributed by atoms with Gasteiger partial charge in [0.05, 0.1) is 0 Å². The monoisotopic (exact) mass is 180 g/mol. The number of ether oxygens (including phenoxy) is 1. The van der Waals surface area contributed by atoms with Crippen molar-refractivity contribution in [1.29, 1.82) is 0 Å². The maximum atomic E-state index is 10.7. The Bertz CT molecular complexity index is 283. The van der Waals surface area contributed by atoms with E-state index < -0.39 is 0 Å². The molecule has 0 N–H and O–H groups in total. The Hall–Kier alpha value is -1.31. The Kier molecular flexibility index (Phi) is 4.18. The fraction of sp³-hybridized carbons (Fsp3) is 0.364. The Morgan fingerprint density at radius 3 is 2.08 bits per heavy atom. The largest absolute Gasteiger partial charge is 0.426 e. The van der Waals surface area contributed by atoms with Crippen LogP contribution in [0, 0.1) is 13.8 Å². The van der Waals surface area contributed by atoms with Crippen LogP contribution in [0.4, 0.5) is 0 Å². The zero-order chi connectivity index (χ0) is 9.14. The van der Waals surface area contributed by atoms with Crippen molar-refractivity contribution in [3.05, 3.63) is 29.3 Å². The van der Waals surface area contributed by atoms with Crippen molar-refractivity contribution >= 4 is 5.97 Å². The number of carbonyl (C=O) groups excluding carboxylic acids is 1. The molecule has 1 aromatic carbocycles. The maximum Gasteiger partial charge on any atom is 0.308 e. The van der Waals surface area contributed by atoms with Crippen LogP contribution in [0.3, 0.4) is 0 Å². The zero-order valence-corrected chi connectivity index (χ0v) is 7.55. The van der Waals surface area contributed by atoms with Gasteiger partial charge in [-0.25, -0.2) is 0 Å². The highest BCUT2D eigenvalue weighted by molar-refractivity contribution is 5.70. The molecule has 0 bridgehead atoms. The van der Waals surface area contributed by atoms with Crippen LogP contribution in [0.1, 0.15) is 25.5 Å². The molecule has 0 aliphatic heterocycles. The lowest BCUT2D eigenvalue weighted by Crippen LogP contribution is -2.04. The van der Waals surface area contributed by atoms with Gasteiger partial charge >= 0.3 is 5.97 Å². The summed E-state index contributed by atoms with van der Waals surface area (Å²) < 4.78 is 5.04. The molecule has 0 aromatic heterocycles. The van der Waals surface area contributed by atoms with Crippen molar-refractivity contribution in [2.45, 2.75) is 28.2 Å². The van der Waals surface area contributed by atoms with Crippen molar-refractivity contribution in [3.8, 4) is 5.75 Å². The van der Waals surface area contributed by atoms with Gasteiger partial charge in [0, 0.05) is 6.92 Å². The number of rotatable bonds is 1. The van der Waals surface area contributed by atoms with Gasteiger partial charge in [0.1, 0.15) is 5.75 Å². The number of hydrogen-bond donors (Lipinski definition) is 0. The Balaban J connectivity index is 0.00000144. The summed E-state index contributed by atoms with van der Waals surface area (Å²) in [5.41, 5.74) is 1.98. The first-order valence-corrected chi connectivity index (χ1v) is 3.86. The molecule has 13 heavy (non-hydrogen) atoms. The van der Waals surface area contributed by atoms with Gasteiger partial charge in [0.15, 0.2) is 0 Å². The summed E-state index contributed by atoms with van der Waals surface area (Å²) in [5.74, 6) is 0.414. The van der Waals surface area contributed by atoms with E-state index >= 15 is 0 Å². The minimum Gasteiger partial charge on any atom is -0.426 e. The third kappa shape index (κ3) is 2.90. The summed E-state index contributed by atoms with van der Waals surface area (Å²) in [6.45, 7) is 5.25. The summed E-state index contributed by atoms with van der Waals surface area (Å²) in [5, 5.41) is 0. The Labute approximate surface area is 79.5 Å². The molecule has 0 fully saturated rings. The van der Waals surface area contributed by atoms with Gasteiger partial charge < -0.3 is 4.74 Å². The minimum atomic E-state index is -0.271. The fourth-order valence-corrected chi connectivity index (χ4v) is 1.10. The summed E-state index contributed by atoms with van der Waals surface area (Å²) in [6.07, 6.45) is 0. The summed E-state index contributed by atoms with van der Waals surface area (Å²) in [4.78, 5) is 10.7. The van der Waals surface area contributed by atoms with E-state index in [0.717, 1.165) is 11.1 Å². The normalized spacial score (nSPS) is 8.85. The lowest BCUT2D eigenvalue weighted by molar-refractivity contribution is -0.131. The molecule has 1 rings (SSSR count). The second-order valence-electron chi connectivity index (χ2n) is 2.81. The first kappa shape index (κ1) is 11.7. The van der Waals surface area contributed by atoms with Crippen LogP contribution in [0.5, 0.6) is 5.75 Å². The predicted octanol–water partition coefficient (Wildman–Crippen LogP) is 2.86. The van der Waals surface area contributed by atoms with Gasteiger partial charge in [-0.05, 0) is 25.0 Å². The molecule has 1 aromatic rings. The quantitative estimate of drug-likeness (QED) is 0.490. The Morgan fingerprint density at radius 1 is 1.23 bits per heavy atom. The topological polar surface area (TPSA) is 26.3 Å². The lowest BCUT2D eigenvalue weighted by atomic mass is 10.1. The molecule has 0 amide bonds. The smallest absolute Gasteiger partial charge is 0.308 e. The highest BCUT2D eigenvalue weighted by Crippen LogP contribution is 2.22. The molecule has 72 valence electrons. The first-order valence-electron chi connectivity index (χ1n) is 3.86. The average molecular weight is 180 g/mol. The van der Waals surface area contributed by atoms with E-state index in [-0.39, 0.29) is 13.4 Å². The van der Waals surface area contributed by atoms with E-state index in [9.17, 15) is 4.79 Å². The zero-order valence-electron chi connectivity index (χ0n) is 7.55. The van der Waals surface area contributed by atoms with Crippen molar-refractivity contribution in [2.75, 3.05) is 0 Å². The van der Waals surface area contributed by atoms with Crippen LogP contribution in [0.2, 0.25) is 0 Å². The molecule has 0 unspecified atom stereocenters. The molecular weight excluding hydrogens is 164 g/mol. The van der Waals surface area contributed by atoms with Crippen molar-refractivity contribution in [3.63, 3.8) is 0 Å². The molecule has 0 heterocycles. The number of para-hydroxylation sites is 1. The van der Waals surface area contributed by atoms with Crippen LogP contribution in [0.15, 0.2) is 18.2 Å². The highest BCUT2D eigenvalue weighted by atomic mass is 16.5. The van der Waals surface area contributed by atoms with Gasteiger partial charge in [-0.15, -0.1) is 0 Å². The minimum absolute atomic E-state index is 0. The third-order valence-electron chi connectivity index (χ3n) is 1.65. The second kappa shape index (κ2) is 4.65. The molecule has 0 aliphatic rings. The van der Waals surface area contributed by atoms with E-state index in [1.807, 2.05) is 32.0 Å². The van der Waals surface area contributed by atoms with Crippen molar-refractivity contribution < 1.29 is 9.53 Å². The molecule has 0 saturated carbocycles. The van der Waals surface area contributed by atoms with Crippen LogP contribution in [-0.4, -0.2) is 5.97 Å². The van der Waals surface area contributed by atoms with Crippen molar-refractivity contribution in [2.24, 2.45) is 0 Å². The van der Waals surface area contributed by atoms with Gasteiger partial charge in [-0.1, -0.05) is 25.6 Å². The molecule has 0 spiro atoms.